The largest absolute Gasteiger partial charge is 0.338 e. The topological polar surface area (TPSA) is 43.9 Å². The van der Waals surface area contributed by atoms with Gasteiger partial charge in [0.25, 0.3) is 5.91 Å². The van der Waals surface area contributed by atoms with Crippen molar-refractivity contribution in [2.45, 2.75) is 12.5 Å². The number of thiophene rings is 1. The summed E-state index contributed by atoms with van der Waals surface area (Å²) in [5.41, 5.74) is 2.96. The zero-order valence-electron chi connectivity index (χ0n) is 18.6. The van der Waals surface area contributed by atoms with Gasteiger partial charge in [0, 0.05) is 42.6 Å². The maximum atomic E-state index is 13.3. The molecule has 1 fully saturated rings. The summed E-state index contributed by atoms with van der Waals surface area (Å²) >= 11 is 14.0. The molecular weight excluding hydrogens is 489 g/mol. The van der Waals surface area contributed by atoms with Gasteiger partial charge in [-0.2, -0.15) is 0 Å². The van der Waals surface area contributed by atoms with Crippen LogP contribution in [0.2, 0.25) is 10.0 Å². The maximum absolute atomic E-state index is 13.3. The van der Waals surface area contributed by atoms with Crippen molar-refractivity contribution in [2.75, 3.05) is 39.3 Å². The quantitative estimate of drug-likeness (QED) is 0.493. The molecule has 0 unspecified atom stereocenters. The van der Waals surface area contributed by atoms with E-state index in [1.54, 1.807) is 34.4 Å². The predicted molar refractivity (Wildman–Crippen MR) is 137 cm³/mol. The summed E-state index contributed by atoms with van der Waals surface area (Å²) < 4.78 is 0. The Morgan fingerprint density at radius 3 is 2.38 bits per heavy atom. The highest BCUT2D eigenvalue weighted by Gasteiger charge is 2.33. The molecule has 3 heterocycles. The number of amides is 2. The number of rotatable bonds is 4. The molecular formula is C26H25Cl2N3O2S. The molecule has 0 radical (unpaired) electrons. The molecule has 0 saturated carbocycles. The molecule has 8 heteroatoms. The standard InChI is InChI=1S/C26H25Cl2N3O2S/c27-19-6-7-20(22(28)16-19)26(33)30-13-11-29(12-14-30)24(32)17-31-10-8-23-21(9-15-34-23)25(31)18-4-2-1-3-5-18/h1-7,9,15-16,25H,8,10-14,17H2/t25-/m1/s1. The van der Waals surface area contributed by atoms with Crippen LogP contribution in [0.25, 0.3) is 0 Å². The SMILES string of the molecule is O=C(CN1CCc2sccc2[C@H]1c1ccccc1)N1CCN(C(=O)c2ccc(Cl)cc2Cl)CC1. The highest BCUT2D eigenvalue weighted by molar-refractivity contribution is 7.10. The van der Waals surface area contributed by atoms with E-state index >= 15 is 0 Å². The van der Waals surface area contributed by atoms with Crippen molar-refractivity contribution in [1.29, 1.82) is 0 Å². The lowest BCUT2D eigenvalue weighted by Gasteiger charge is -2.39. The highest BCUT2D eigenvalue weighted by Crippen LogP contribution is 2.37. The average Bonchev–Trinajstić information content (AvgIpc) is 3.33. The summed E-state index contributed by atoms with van der Waals surface area (Å²) in [7, 11) is 0. The van der Waals surface area contributed by atoms with Crippen LogP contribution in [0.5, 0.6) is 0 Å². The molecule has 0 aliphatic carbocycles. The van der Waals surface area contributed by atoms with Crippen LogP contribution < -0.4 is 0 Å². The molecule has 1 saturated heterocycles. The van der Waals surface area contributed by atoms with E-state index in [0.717, 1.165) is 13.0 Å². The fraction of sp³-hybridized carbons (Fsp3) is 0.308. The summed E-state index contributed by atoms with van der Waals surface area (Å²) in [4.78, 5) is 33.5. The second-order valence-corrected chi connectivity index (χ2v) is 10.5. The van der Waals surface area contributed by atoms with Crippen molar-refractivity contribution in [3.05, 3.63) is 91.6 Å². The first-order chi connectivity index (χ1) is 16.5. The molecule has 2 aliphatic rings. The summed E-state index contributed by atoms with van der Waals surface area (Å²) in [6.45, 7) is 3.23. The maximum Gasteiger partial charge on any atom is 0.255 e. The Morgan fingerprint density at radius 2 is 1.65 bits per heavy atom. The molecule has 0 bridgehead atoms. The van der Waals surface area contributed by atoms with Crippen LogP contribution in [-0.2, 0) is 11.2 Å². The van der Waals surface area contributed by atoms with Crippen molar-refractivity contribution >= 4 is 46.4 Å². The normalized spacial score (nSPS) is 18.6. The van der Waals surface area contributed by atoms with Crippen molar-refractivity contribution in [2.24, 2.45) is 0 Å². The third-order valence-corrected chi connectivity index (χ3v) is 8.14. The molecule has 0 N–H and O–H groups in total. The molecule has 3 aromatic rings. The van der Waals surface area contributed by atoms with Gasteiger partial charge in [0.15, 0.2) is 0 Å². The molecule has 2 amide bonds. The Kier molecular flexibility index (Phi) is 6.93. The Labute approximate surface area is 213 Å². The van der Waals surface area contributed by atoms with Gasteiger partial charge in [-0.15, -0.1) is 11.3 Å². The summed E-state index contributed by atoms with van der Waals surface area (Å²) in [6, 6.07) is 17.6. The van der Waals surface area contributed by atoms with E-state index in [2.05, 4.69) is 40.6 Å². The zero-order chi connectivity index (χ0) is 23.7. The van der Waals surface area contributed by atoms with Crippen molar-refractivity contribution in [3.8, 4) is 0 Å². The van der Waals surface area contributed by atoms with Gasteiger partial charge in [-0.3, -0.25) is 14.5 Å². The molecule has 176 valence electrons. The molecule has 5 rings (SSSR count). The third kappa shape index (κ3) is 4.73. The molecule has 1 atom stereocenters. The van der Waals surface area contributed by atoms with Gasteiger partial charge >= 0.3 is 0 Å². The lowest BCUT2D eigenvalue weighted by Crippen LogP contribution is -2.53. The van der Waals surface area contributed by atoms with Crippen LogP contribution in [0, 0.1) is 0 Å². The number of hydrogen-bond acceptors (Lipinski definition) is 4. The Hall–Kier alpha value is -2.38. The molecule has 0 spiro atoms. The van der Waals surface area contributed by atoms with Gasteiger partial charge < -0.3 is 9.80 Å². The van der Waals surface area contributed by atoms with Gasteiger partial charge in [-0.1, -0.05) is 53.5 Å². The smallest absolute Gasteiger partial charge is 0.255 e. The van der Waals surface area contributed by atoms with Gasteiger partial charge in [0.1, 0.15) is 0 Å². The third-order valence-electron chi connectivity index (χ3n) is 6.60. The number of benzene rings is 2. The molecule has 1 aromatic heterocycles. The van der Waals surface area contributed by atoms with Crippen LogP contribution >= 0.6 is 34.5 Å². The number of carbonyl (C=O) groups is 2. The monoisotopic (exact) mass is 513 g/mol. The van der Waals surface area contributed by atoms with E-state index in [-0.39, 0.29) is 17.9 Å². The number of hydrogen-bond donors (Lipinski definition) is 0. The predicted octanol–water partition coefficient (Wildman–Crippen LogP) is 4.99. The summed E-state index contributed by atoms with van der Waals surface area (Å²) in [5.74, 6) is -0.0184. The van der Waals surface area contributed by atoms with Crippen molar-refractivity contribution in [1.82, 2.24) is 14.7 Å². The minimum Gasteiger partial charge on any atom is -0.338 e. The van der Waals surface area contributed by atoms with Gasteiger partial charge in [-0.25, -0.2) is 0 Å². The molecule has 5 nitrogen and oxygen atoms in total. The van der Waals surface area contributed by atoms with Gasteiger partial charge in [-0.05, 0) is 47.2 Å². The Morgan fingerprint density at radius 1 is 0.912 bits per heavy atom. The first kappa shape index (κ1) is 23.4. The fourth-order valence-corrected chi connectivity index (χ4v) is 6.22. The minimum atomic E-state index is -0.126. The van der Waals surface area contributed by atoms with Crippen LogP contribution in [0.3, 0.4) is 0 Å². The van der Waals surface area contributed by atoms with Gasteiger partial charge in [0.05, 0.1) is 23.2 Å². The van der Waals surface area contributed by atoms with E-state index < -0.39 is 0 Å². The van der Waals surface area contributed by atoms with Crippen molar-refractivity contribution in [3.63, 3.8) is 0 Å². The van der Waals surface area contributed by atoms with Crippen LogP contribution in [0.15, 0.2) is 60.0 Å². The number of fused-ring (bicyclic) bond motifs is 1. The van der Waals surface area contributed by atoms with Crippen LogP contribution in [0.4, 0.5) is 0 Å². The summed E-state index contributed by atoms with van der Waals surface area (Å²) in [5, 5.41) is 2.99. The molecule has 34 heavy (non-hydrogen) atoms. The number of nitrogens with zero attached hydrogens (tertiary/aromatic N) is 3. The van der Waals surface area contributed by atoms with E-state index in [0.29, 0.717) is 48.3 Å². The number of carbonyl (C=O) groups excluding carboxylic acids is 2. The van der Waals surface area contributed by atoms with Gasteiger partial charge in [0.2, 0.25) is 5.91 Å². The number of halogens is 2. The summed E-state index contributed by atoms with van der Waals surface area (Å²) in [6.07, 6.45) is 0.966. The molecule has 2 aromatic carbocycles. The second-order valence-electron chi connectivity index (χ2n) is 8.63. The molecule has 2 aliphatic heterocycles. The van der Waals surface area contributed by atoms with Crippen LogP contribution in [0.1, 0.15) is 32.4 Å². The van der Waals surface area contributed by atoms with Crippen molar-refractivity contribution < 1.29 is 9.59 Å². The first-order valence-electron chi connectivity index (χ1n) is 11.4. The van der Waals surface area contributed by atoms with E-state index in [1.807, 2.05) is 11.0 Å². The number of piperazine rings is 1. The minimum absolute atomic E-state index is 0.0927. The highest BCUT2D eigenvalue weighted by atomic mass is 35.5. The van der Waals surface area contributed by atoms with E-state index in [1.165, 1.54) is 16.0 Å². The second kappa shape index (κ2) is 10.1. The van der Waals surface area contributed by atoms with Crippen LogP contribution in [-0.4, -0.2) is 65.8 Å². The lowest BCUT2D eigenvalue weighted by atomic mass is 9.93. The fourth-order valence-electron chi connectivity index (χ4n) is 4.83. The Bertz CT molecular complexity index is 1190. The lowest BCUT2D eigenvalue weighted by molar-refractivity contribution is -0.134. The first-order valence-corrected chi connectivity index (χ1v) is 13.0. The van der Waals surface area contributed by atoms with E-state index in [9.17, 15) is 9.59 Å². The average molecular weight is 514 g/mol. The van der Waals surface area contributed by atoms with E-state index in [4.69, 9.17) is 23.2 Å². The Balaban J connectivity index is 1.24. The zero-order valence-corrected chi connectivity index (χ0v) is 21.0.